The average molecular weight is 644 g/mol. The molecule has 0 unspecified atom stereocenters. The van der Waals surface area contributed by atoms with E-state index in [1.807, 2.05) is 54.6 Å². The predicted octanol–water partition coefficient (Wildman–Crippen LogP) is 11.1. The number of ether oxygens (including phenoxy) is 2. The first-order valence-corrected chi connectivity index (χ1v) is 16.5. The topological polar surface area (TPSA) is 65.3 Å². The van der Waals surface area contributed by atoms with Gasteiger partial charge in [-0.1, -0.05) is 103 Å². The van der Waals surface area contributed by atoms with Gasteiger partial charge in [0.2, 0.25) is 5.95 Å². The maximum atomic E-state index is 6.84. The molecule has 6 aromatic carbocycles. The Kier molecular flexibility index (Phi) is 5.54. The zero-order valence-corrected chi connectivity index (χ0v) is 26.5. The second-order valence-corrected chi connectivity index (χ2v) is 12.5. The number of anilines is 3. The number of nitrogens with zero attached hydrogens (tertiary/aromatic N) is 5. The normalized spacial score (nSPS) is 12.7. The van der Waals surface area contributed by atoms with Gasteiger partial charge in [-0.25, -0.2) is 9.97 Å². The van der Waals surface area contributed by atoms with E-state index in [-0.39, 0.29) is 0 Å². The van der Waals surface area contributed by atoms with E-state index in [0.717, 1.165) is 78.1 Å². The van der Waals surface area contributed by atoms with Crippen LogP contribution in [-0.2, 0) is 0 Å². The Morgan fingerprint density at radius 2 is 1.24 bits per heavy atom. The highest BCUT2D eigenvalue weighted by atomic mass is 16.5. The summed E-state index contributed by atoms with van der Waals surface area (Å²) in [7, 11) is 0. The second-order valence-electron chi connectivity index (χ2n) is 12.5. The Morgan fingerprint density at radius 1 is 0.520 bits per heavy atom. The molecule has 234 valence electrons. The summed E-state index contributed by atoms with van der Waals surface area (Å²) in [5, 5.41) is 3.00. The first-order valence-electron chi connectivity index (χ1n) is 16.5. The van der Waals surface area contributed by atoms with Crippen molar-refractivity contribution in [3.05, 3.63) is 152 Å². The van der Waals surface area contributed by atoms with Crippen LogP contribution in [-0.4, -0.2) is 19.5 Å². The van der Waals surface area contributed by atoms with E-state index in [2.05, 4.69) is 99.4 Å². The Hall–Kier alpha value is -6.99. The average Bonchev–Trinajstić information content (AvgIpc) is 3.52. The van der Waals surface area contributed by atoms with Crippen LogP contribution >= 0.6 is 0 Å². The largest absolute Gasteiger partial charge is 0.453 e. The van der Waals surface area contributed by atoms with E-state index in [1.54, 1.807) is 12.4 Å². The molecule has 3 aromatic heterocycles. The van der Waals surface area contributed by atoms with Gasteiger partial charge in [-0.05, 0) is 47.5 Å². The minimum Gasteiger partial charge on any atom is -0.453 e. The molecule has 2 aliphatic heterocycles. The summed E-state index contributed by atoms with van der Waals surface area (Å²) in [6.07, 6.45) is 3.56. The molecule has 5 heterocycles. The van der Waals surface area contributed by atoms with Crippen molar-refractivity contribution < 1.29 is 9.47 Å². The van der Waals surface area contributed by atoms with Crippen LogP contribution in [0.1, 0.15) is 0 Å². The van der Waals surface area contributed by atoms with Gasteiger partial charge in [-0.3, -0.25) is 14.5 Å². The number of hydrogen-bond acceptors (Lipinski definition) is 6. The summed E-state index contributed by atoms with van der Waals surface area (Å²) >= 11 is 0. The van der Waals surface area contributed by atoms with Gasteiger partial charge in [-0.15, -0.1) is 0 Å². The number of pyridine rings is 1. The van der Waals surface area contributed by atoms with Crippen LogP contribution in [0.2, 0.25) is 0 Å². The van der Waals surface area contributed by atoms with Crippen molar-refractivity contribution in [2.45, 2.75) is 0 Å². The summed E-state index contributed by atoms with van der Waals surface area (Å²) in [6, 6.07) is 47.7. The van der Waals surface area contributed by atoms with Crippen molar-refractivity contribution >= 4 is 49.8 Å². The maximum Gasteiger partial charge on any atom is 0.235 e. The summed E-state index contributed by atoms with van der Waals surface area (Å²) < 4.78 is 15.6. The molecule has 0 N–H and O–H groups in total. The monoisotopic (exact) mass is 643 g/mol. The van der Waals surface area contributed by atoms with Crippen LogP contribution in [0.15, 0.2) is 152 Å². The van der Waals surface area contributed by atoms with Crippen molar-refractivity contribution in [3.63, 3.8) is 0 Å². The Morgan fingerprint density at radius 3 is 2.14 bits per heavy atom. The van der Waals surface area contributed by atoms with Gasteiger partial charge in [0.1, 0.15) is 11.2 Å². The molecule has 0 saturated heterocycles. The fraction of sp³-hybridized carbons (Fsp3) is 0. The van der Waals surface area contributed by atoms with Crippen molar-refractivity contribution in [3.8, 4) is 51.3 Å². The van der Waals surface area contributed by atoms with Crippen molar-refractivity contribution in [1.82, 2.24) is 19.5 Å². The van der Waals surface area contributed by atoms with Crippen LogP contribution in [0.3, 0.4) is 0 Å². The third kappa shape index (κ3) is 3.82. The van der Waals surface area contributed by atoms with Crippen LogP contribution in [0.25, 0.3) is 61.0 Å². The van der Waals surface area contributed by atoms with E-state index in [4.69, 9.17) is 19.4 Å². The molecule has 2 aliphatic rings. The van der Waals surface area contributed by atoms with Crippen molar-refractivity contribution in [2.24, 2.45) is 0 Å². The highest BCUT2D eigenvalue weighted by molar-refractivity contribution is 6.15. The first-order chi connectivity index (χ1) is 24.8. The smallest absolute Gasteiger partial charge is 0.235 e. The first kappa shape index (κ1) is 27.0. The lowest BCUT2D eigenvalue weighted by Gasteiger charge is -2.37. The van der Waals surface area contributed by atoms with Crippen molar-refractivity contribution in [1.29, 1.82) is 0 Å². The van der Waals surface area contributed by atoms with Gasteiger partial charge in [0.25, 0.3) is 0 Å². The van der Waals surface area contributed by atoms with Crippen LogP contribution in [0, 0.1) is 0 Å². The zero-order valence-electron chi connectivity index (χ0n) is 26.5. The van der Waals surface area contributed by atoms with E-state index >= 15 is 0 Å². The third-order valence-electron chi connectivity index (χ3n) is 9.68. The summed E-state index contributed by atoms with van der Waals surface area (Å²) in [4.78, 5) is 17.2. The second kappa shape index (κ2) is 10.3. The Balaban J connectivity index is 1.20. The highest BCUT2D eigenvalue weighted by Crippen LogP contribution is 2.62. The van der Waals surface area contributed by atoms with Crippen LogP contribution in [0.5, 0.6) is 23.0 Å². The molecule has 50 heavy (non-hydrogen) atoms. The predicted molar refractivity (Wildman–Crippen MR) is 197 cm³/mol. The van der Waals surface area contributed by atoms with Gasteiger partial charge in [0.05, 0.1) is 34.3 Å². The third-order valence-corrected chi connectivity index (χ3v) is 9.68. The molecule has 0 radical (unpaired) electrons. The molecule has 0 spiro atoms. The van der Waals surface area contributed by atoms with Gasteiger partial charge in [-0.2, -0.15) is 0 Å². The number of fused-ring (bicyclic) bond motifs is 9. The molecule has 7 nitrogen and oxygen atoms in total. The van der Waals surface area contributed by atoms with Crippen molar-refractivity contribution in [2.75, 3.05) is 4.90 Å². The van der Waals surface area contributed by atoms with E-state index in [0.29, 0.717) is 17.4 Å². The number of aromatic nitrogens is 4. The van der Waals surface area contributed by atoms with Crippen LogP contribution in [0.4, 0.5) is 17.1 Å². The minimum absolute atomic E-state index is 0.553. The van der Waals surface area contributed by atoms with E-state index in [9.17, 15) is 0 Å². The zero-order chi connectivity index (χ0) is 32.8. The number of benzene rings is 6. The van der Waals surface area contributed by atoms with E-state index < -0.39 is 0 Å². The fourth-order valence-corrected chi connectivity index (χ4v) is 7.45. The standard InChI is InChI=1S/C43H25N5O2/c1-2-10-26(11-3-1)27-18-20-28(21-19-27)39-30-13-4-6-14-32(30)45-43(46-39)48-33-15-7-5-12-29(33)31-24-37-41-42(40(31)48)50-38-25-44-23-22-35(38)47(41)34-16-8-9-17-36(34)49-37/h1-25H. The van der Waals surface area contributed by atoms with Gasteiger partial charge < -0.3 is 9.47 Å². The quantitative estimate of drug-likeness (QED) is 0.191. The van der Waals surface area contributed by atoms with Gasteiger partial charge in [0, 0.05) is 27.9 Å². The fourth-order valence-electron chi connectivity index (χ4n) is 7.45. The van der Waals surface area contributed by atoms with Gasteiger partial charge >= 0.3 is 0 Å². The molecule has 0 saturated carbocycles. The molecule has 0 atom stereocenters. The molecule has 7 heteroatoms. The number of rotatable bonds is 3. The summed E-state index contributed by atoms with van der Waals surface area (Å²) in [5.41, 5.74) is 9.53. The Bertz CT molecular complexity index is 2820. The molecular formula is C43H25N5O2. The lowest BCUT2D eigenvalue weighted by atomic mass is 10.0. The molecule has 9 aromatic rings. The number of para-hydroxylation sites is 4. The lowest BCUT2D eigenvalue weighted by molar-refractivity contribution is 0.448. The molecule has 0 fully saturated rings. The van der Waals surface area contributed by atoms with Crippen LogP contribution < -0.4 is 14.4 Å². The van der Waals surface area contributed by atoms with Gasteiger partial charge in [0.15, 0.2) is 23.0 Å². The molecular weight excluding hydrogens is 619 g/mol. The molecule has 11 rings (SSSR count). The minimum atomic E-state index is 0.553. The molecule has 0 bridgehead atoms. The number of hydrogen-bond donors (Lipinski definition) is 0. The van der Waals surface area contributed by atoms with E-state index in [1.165, 1.54) is 5.56 Å². The molecule has 0 amide bonds. The molecule has 0 aliphatic carbocycles. The maximum absolute atomic E-state index is 6.84. The Labute approximate surface area is 286 Å². The summed E-state index contributed by atoms with van der Waals surface area (Å²) in [6.45, 7) is 0. The SMILES string of the molecule is c1ccc(-c2ccc(-c3nc(-n4c5ccccc5c5cc6c7c(c54)Oc4cnccc4N7c4ccccc4O6)nc4ccccc34)cc2)cc1. The summed E-state index contributed by atoms with van der Waals surface area (Å²) in [5.74, 6) is 3.37. The highest BCUT2D eigenvalue weighted by Gasteiger charge is 2.38. The lowest BCUT2D eigenvalue weighted by Crippen LogP contribution is -2.20.